The van der Waals surface area contributed by atoms with Crippen LogP contribution >= 0.6 is 0 Å². The molecule has 0 spiro atoms. The number of rotatable bonds is 5. The van der Waals surface area contributed by atoms with E-state index in [0.29, 0.717) is 49.3 Å². The first-order chi connectivity index (χ1) is 15.7. The van der Waals surface area contributed by atoms with Crippen LogP contribution in [-0.4, -0.2) is 44.2 Å². The first-order valence-corrected chi connectivity index (χ1v) is 12.8. The summed E-state index contributed by atoms with van der Waals surface area (Å²) >= 11 is 0. The van der Waals surface area contributed by atoms with Gasteiger partial charge in [0.05, 0.1) is 6.26 Å². The molecule has 1 N–H and O–H groups in total. The van der Waals surface area contributed by atoms with Gasteiger partial charge in [-0.3, -0.25) is 4.79 Å². The fraction of sp³-hybridized carbons (Fsp3) is 0.440. The van der Waals surface area contributed by atoms with Gasteiger partial charge in [-0.2, -0.15) is 8.42 Å². The Hall–Kier alpha value is -2.87. The molecule has 176 valence electrons. The second-order valence-corrected chi connectivity index (χ2v) is 10.6. The highest BCUT2D eigenvalue weighted by Gasteiger charge is 2.36. The number of amidine groups is 1. The lowest BCUT2D eigenvalue weighted by Gasteiger charge is -2.33. The van der Waals surface area contributed by atoms with Gasteiger partial charge >= 0.3 is 0 Å². The minimum absolute atomic E-state index is 0.0169. The van der Waals surface area contributed by atoms with Crippen molar-refractivity contribution in [2.45, 2.75) is 53.0 Å². The maximum Gasteiger partial charge on any atom is 0.285 e. The molecule has 0 saturated carbocycles. The van der Waals surface area contributed by atoms with Gasteiger partial charge in [0.15, 0.2) is 0 Å². The fourth-order valence-electron chi connectivity index (χ4n) is 4.56. The third-order valence-electron chi connectivity index (χ3n) is 6.55. The monoisotopic (exact) mass is 469 g/mol. The summed E-state index contributed by atoms with van der Waals surface area (Å²) in [6, 6.07) is 9.42. The van der Waals surface area contributed by atoms with Crippen molar-refractivity contribution in [1.82, 2.24) is 10.2 Å². The van der Waals surface area contributed by atoms with Crippen LogP contribution in [0.15, 0.2) is 51.0 Å². The molecule has 1 aromatic carbocycles. The molecule has 1 atom stereocenters. The number of nitrogens with one attached hydrogen (secondary N) is 1. The van der Waals surface area contributed by atoms with Gasteiger partial charge in [-0.1, -0.05) is 18.2 Å². The Balaban J connectivity index is 1.41. The highest BCUT2D eigenvalue weighted by Crippen LogP contribution is 2.35. The van der Waals surface area contributed by atoms with Gasteiger partial charge < -0.3 is 14.6 Å². The molecule has 2 aliphatic heterocycles. The van der Waals surface area contributed by atoms with Gasteiger partial charge in [-0.25, -0.2) is 0 Å². The molecule has 1 amide bonds. The lowest BCUT2D eigenvalue weighted by atomic mass is 9.94. The number of likely N-dealkylation sites (tertiary alicyclic amines) is 1. The van der Waals surface area contributed by atoms with Crippen molar-refractivity contribution >= 4 is 26.7 Å². The number of sulfonamides is 1. The predicted octanol–water partition coefficient (Wildman–Crippen LogP) is 3.83. The summed E-state index contributed by atoms with van der Waals surface area (Å²) in [5.41, 5.74) is 3.51. The number of benzene rings is 1. The molecular formula is C25H31N3O4S. The second kappa shape index (κ2) is 9.17. The third kappa shape index (κ3) is 4.90. The van der Waals surface area contributed by atoms with Crippen molar-refractivity contribution in [2.75, 3.05) is 13.1 Å². The van der Waals surface area contributed by atoms with Crippen LogP contribution in [0.4, 0.5) is 0 Å². The van der Waals surface area contributed by atoms with Crippen LogP contribution in [0.5, 0.6) is 0 Å². The standard InChI is InChI=1S/C25H31N3O4S/c1-16-7-8-21(14-17(16)2)23-19(4)24(27-33(23,30)31)28-11-9-20(10-12-28)25(29)26-18(3)15-22-6-5-13-32-22/h5-8,13-14,18,20H,9-12,15H2,1-4H3,(H,26,29)/t18-/m1/s1. The summed E-state index contributed by atoms with van der Waals surface area (Å²) in [4.78, 5) is 15.0. The van der Waals surface area contributed by atoms with Crippen molar-refractivity contribution < 1.29 is 17.6 Å². The highest BCUT2D eigenvalue weighted by atomic mass is 32.2. The summed E-state index contributed by atoms with van der Waals surface area (Å²) in [6.45, 7) is 8.96. The molecule has 2 aromatic rings. The molecule has 1 saturated heterocycles. The molecular weight excluding hydrogens is 438 g/mol. The Labute approximate surface area is 195 Å². The summed E-state index contributed by atoms with van der Waals surface area (Å²) in [6.07, 6.45) is 3.60. The van der Waals surface area contributed by atoms with Crippen molar-refractivity contribution in [3.63, 3.8) is 0 Å². The zero-order chi connectivity index (χ0) is 23.8. The van der Waals surface area contributed by atoms with E-state index in [-0.39, 0.29) is 22.8 Å². The maximum atomic E-state index is 12.9. The summed E-state index contributed by atoms with van der Waals surface area (Å²) in [5, 5.41) is 3.08. The number of nitrogens with zero attached hydrogens (tertiary/aromatic N) is 2. The predicted molar refractivity (Wildman–Crippen MR) is 129 cm³/mol. The van der Waals surface area contributed by atoms with Gasteiger partial charge in [-0.15, -0.1) is 4.40 Å². The minimum atomic E-state index is -3.75. The molecule has 1 fully saturated rings. The number of hydrogen-bond donors (Lipinski definition) is 1. The van der Waals surface area contributed by atoms with Crippen LogP contribution in [0.2, 0.25) is 0 Å². The van der Waals surface area contributed by atoms with Gasteiger partial charge in [0.1, 0.15) is 16.5 Å². The number of furan rings is 1. The Morgan fingerprint density at radius 1 is 1.18 bits per heavy atom. The van der Waals surface area contributed by atoms with E-state index in [9.17, 15) is 13.2 Å². The van der Waals surface area contributed by atoms with Crippen LogP contribution in [0.25, 0.3) is 4.91 Å². The number of carbonyl (C=O) groups is 1. The van der Waals surface area contributed by atoms with E-state index in [1.54, 1.807) is 6.26 Å². The Morgan fingerprint density at radius 2 is 1.91 bits per heavy atom. The Kier molecular flexibility index (Phi) is 6.47. The fourth-order valence-corrected chi connectivity index (χ4v) is 6.04. The van der Waals surface area contributed by atoms with E-state index in [1.165, 1.54) is 0 Å². The quantitative estimate of drug-likeness (QED) is 0.719. The first kappa shape index (κ1) is 23.3. The summed E-state index contributed by atoms with van der Waals surface area (Å²) in [5.74, 6) is 1.30. The van der Waals surface area contributed by atoms with Crippen LogP contribution in [0.3, 0.4) is 0 Å². The van der Waals surface area contributed by atoms with E-state index in [0.717, 1.165) is 16.9 Å². The van der Waals surface area contributed by atoms with Gasteiger partial charge in [0.2, 0.25) is 5.91 Å². The maximum absolute atomic E-state index is 12.9. The van der Waals surface area contributed by atoms with E-state index in [4.69, 9.17) is 4.42 Å². The Morgan fingerprint density at radius 3 is 2.55 bits per heavy atom. The third-order valence-corrected chi connectivity index (χ3v) is 8.02. The molecule has 4 rings (SSSR count). The van der Waals surface area contributed by atoms with Gasteiger partial charge in [0, 0.05) is 37.0 Å². The highest BCUT2D eigenvalue weighted by molar-refractivity contribution is 8.00. The lowest BCUT2D eigenvalue weighted by molar-refractivity contribution is -0.126. The van der Waals surface area contributed by atoms with E-state index in [2.05, 4.69) is 9.71 Å². The van der Waals surface area contributed by atoms with Gasteiger partial charge in [0.25, 0.3) is 10.0 Å². The molecule has 33 heavy (non-hydrogen) atoms. The van der Waals surface area contributed by atoms with Crippen molar-refractivity contribution in [3.8, 4) is 0 Å². The number of hydrogen-bond acceptors (Lipinski definition) is 5. The summed E-state index contributed by atoms with van der Waals surface area (Å²) < 4.78 is 35.3. The molecule has 0 radical (unpaired) electrons. The Bertz CT molecular complexity index is 1200. The largest absolute Gasteiger partial charge is 0.469 e. The minimum Gasteiger partial charge on any atom is -0.469 e. The number of amides is 1. The van der Waals surface area contributed by atoms with Crippen molar-refractivity contribution in [1.29, 1.82) is 0 Å². The first-order valence-electron chi connectivity index (χ1n) is 11.4. The zero-order valence-electron chi connectivity index (χ0n) is 19.6. The van der Waals surface area contributed by atoms with E-state index >= 15 is 0 Å². The smallest absolute Gasteiger partial charge is 0.285 e. The molecule has 3 heterocycles. The lowest BCUT2D eigenvalue weighted by Crippen LogP contribution is -2.45. The van der Waals surface area contributed by atoms with Crippen LogP contribution in [-0.2, 0) is 21.2 Å². The summed E-state index contributed by atoms with van der Waals surface area (Å²) in [7, 11) is -3.75. The van der Waals surface area contributed by atoms with Crippen LogP contribution in [0.1, 0.15) is 49.1 Å². The van der Waals surface area contributed by atoms with E-state index in [1.807, 2.05) is 62.9 Å². The normalized spacial score (nSPS) is 19.5. The molecule has 8 heteroatoms. The molecule has 0 aliphatic carbocycles. The number of aryl methyl sites for hydroxylation is 2. The van der Waals surface area contributed by atoms with Crippen LogP contribution in [0, 0.1) is 19.8 Å². The number of carbonyl (C=O) groups excluding carboxylic acids is 1. The van der Waals surface area contributed by atoms with E-state index < -0.39 is 10.0 Å². The van der Waals surface area contributed by atoms with Gasteiger partial charge in [-0.05, 0) is 69.4 Å². The average molecular weight is 470 g/mol. The second-order valence-electron chi connectivity index (χ2n) is 9.10. The SMILES string of the molecule is CC1=C(c2ccc(C)c(C)c2)S(=O)(=O)N=C1N1CCC(C(=O)N[C@H](C)Cc2ccco2)CC1. The van der Waals surface area contributed by atoms with Crippen LogP contribution < -0.4 is 5.32 Å². The molecule has 2 aliphatic rings. The average Bonchev–Trinajstić information content (AvgIpc) is 3.35. The molecule has 7 nitrogen and oxygen atoms in total. The van der Waals surface area contributed by atoms with Crippen molar-refractivity contribution in [3.05, 3.63) is 64.6 Å². The van der Waals surface area contributed by atoms with Crippen molar-refractivity contribution in [2.24, 2.45) is 10.3 Å². The number of piperidine rings is 1. The zero-order valence-corrected chi connectivity index (χ0v) is 20.4. The topological polar surface area (TPSA) is 92.0 Å². The molecule has 0 unspecified atom stereocenters. The molecule has 1 aromatic heterocycles. The molecule has 0 bridgehead atoms.